The highest BCUT2D eigenvalue weighted by molar-refractivity contribution is 4.89. The van der Waals surface area contributed by atoms with Crippen LogP contribution >= 0.6 is 0 Å². The van der Waals surface area contributed by atoms with Gasteiger partial charge in [-0.05, 0) is 6.92 Å². The molecule has 12 heteroatoms. The van der Waals surface area contributed by atoms with Crippen LogP contribution in [0.15, 0.2) is 0 Å². The van der Waals surface area contributed by atoms with Crippen LogP contribution in [-0.2, 0) is 4.74 Å². The van der Waals surface area contributed by atoms with Gasteiger partial charge in [-0.1, -0.05) is 0 Å². The lowest BCUT2D eigenvalue weighted by Gasteiger charge is -2.42. The average molecular weight is 339 g/mol. The van der Waals surface area contributed by atoms with Crippen molar-refractivity contribution < 1.29 is 48.6 Å². The highest BCUT2D eigenvalue weighted by Crippen LogP contribution is 2.48. The second kappa shape index (κ2) is 6.55. The molecule has 0 bridgehead atoms. The van der Waals surface area contributed by atoms with E-state index in [9.17, 15) is 43.9 Å². The van der Waals surface area contributed by atoms with Gasteiger partial charge < -0.3 is 4.74 Å². The zero-order valence-corrected chi connectivity index (χ0v) is 10.5. The molecule has 0 unspecified atom stereocenters. The van der Waals surface area contributed by atoms with Gasteiger partial charge in [-0.25, -0.2) is 4.39 Å². The SMILES string of the molecule is CCOC(F)(F)C(F)(F)N(C(F)(F)CF)C(F)(F)CCF. The molecule has 2 nitrogen and oxygen atoms in total. The molecule has 0 fully saturated rings. The van der Waals surface area contributed by atoms with E-state index >= 15 is 0 Å². The first-order valence-corrected chi connectivity index (χ1v) is 5.37. The molecule has 21 heavy (non-hydrogen) atoms. The largest absolute Gasteiger partial charge is 0.435 e. The van der Waals surface area contributed by atoms with Crippen molar-refractivity contribution in [3.05, 3.63) is 0 Å². The van der Waals surface area contributed by atoms with E-state index < -0.39 is 55.5 Å². The van der Waals surface area contributed by atoms with Crippen molar-refractivity contribution in [2.75, 3.05) is 20.0 Å². The molecule has 0 N–H and O–H groups in total. The van der Waals surface area contributed by atoms with Crippen LogP contribution in [0.4, 0.5) is 43.9 Å². The quantitative estimate of drug-likeness (QED) is 0.465. The van der Waals surface area contributed by atoms with Gasteiger partial charge in [0.25, 0.3) is 0 Å². The van der Waals surface area contributed by atoms with Crippen LogP contribution in [0.2, 0.25) is 0 Å². The number of halogens is 10. The number of hydrogen-bond donors (Lipinski definition) is 0. The Morgan fingerprint density at radius 1 is 0.857 bits per heavy atom. The van der Waals surface area contributed by atoms with Crippen LogP contribution in [0, 0.1) is 0 Å². The fraction of sp³-hybridized carbons (Fsp3) is 1.00. The summed E-state index contributed by atoms with van der Waals surface area (Å²) in [6, 6.07) is -17.4. The minimum atomic E-state index is -6.29. The molecular formula is C9H11F10NO. The predicted molar refractivity (Wildman–Crippen MR) is 49.8 cm³/mol. The van der Waals surface area contributed by atoms with Crippen LogP contribution in [0.25, 0.3) is 0 Å². The maximum Gasteiger partial charge on any atom is 0.435 e. The highest BCUT2D eigenvalue weighted by atomic mass is 19.3. The number of hydrogen-bond acceptors (Lipinski definition) is 2. The van der Waals surface area contributed by atoms with Gasteiger partial charge in [0.1, 0.15) is 0 Å². The molecule has 0 spiro atoms. The van der Waals surface area contributed by atoms with Gasteiger partial charge >= 0.3 is 24.2 Å². The minimum Gasteiger partial charge on any atom is -0.315 e. The fourth-order valence-corrected chi connectivity index (χ4v) is 1.33. The third-order valence-corrected chi connectivity index (χ3v) is 2.17. The van der Waals surface area contributed by atoms with E-state index in [0.717, 1.165) is 6.92 Å². The van der Waals surface area contributed by atoms with Crippen molar-refractivity contribution in [3.63, 3.8) is 0 Å². The first-order chi connectivity index (χ1) is 9.30. The van der Waals surface area contributed by atoms with E-state index in [-0.39, 0.29) is 0 Å². The molecule has 0 heterocycles. The molecule has 0 atom stereocenters. The molecule has 0 aromatic rings. The first-order valence-electron chi connectivity index (χ1n) is 5.37. The summed E-state index contributed by atoms with van der Waals surface area (Å²) in [6.07, 6.45) is -8.04. The Kier molecular flexibility index (Phi) is 6.30. The van der Waals surface area contributed by atoms with Crippen LogP contribution in [0.1, 0.15) is 13.3 Å². The van der Waals surface area contributed by atoms with Gasteiger partial charge in [-0.2, -0.15) is 35.1 Å². The summed E-state index contributed by atoms with van der Waals surface area (Å²) in [5, 5.41) is 0. The predicted octanol–water partition coefficient (Wildman–Crippen LogP) is 4.03. The monoisotopic (exact) mass is 339 g/mol. The van der Waals surface area contributed by atoms with Crippen molar-refractivity contribution in [1.82, 2.24) is 4.90 Å². The van der Waals surface area contributed by atoms with Crippen LogP contribution in [-0.4, -0.2) is 49.1 Å². The van der Waals surface area contributed by atoms with Crippen molar-refractivity contribution in [1.29, 1.82) is 0 Å². The molecule has 0 aliphatic heterocycles. The van der Waals surface area contributed by atoms with Gasteiger partial charge in [0.15, 0.2) is 6.67 Å². The lowest BCUT2D eigenvalue weighted by Crippen LogP contribution is -2.68. The summed E-state index contributed by atoms with van der Waals surface area (Å²) >= 11 is 0. The Bertz CT molecular complexity index is 334. The number of nitrogens with zero attached hydrogens (tertiary/aromatic N) is 1. The van der Waals surface area contributed by atoms with Crippen LogP contribution < -0.4 is 0 Å². The molecule has 0 aliphatic carbocycles. The van der Waals surface area contributed by atoms with Crippen LogP contribution in [0.3, 0.4) is 0 Å². The van der Waals surface area contributed by atoms with Gasteiger partial charge in [-0.15, -0.1) is 4.90 Å². The third kappa shape index (κ3) is 4.11. The van der Waals surface area contributed by atoms with E-state index in [1.54, 1.807) is 0 Å². The van der Waals surface area contributed by atoms with Crippen molar-refractivity contribution >= 4 is 0 Å². The van der Waals surface area contributed by atoms with E-state index in [0.29, 0.717) is 0 Å². The van der Waals surface area contributed by atoms with E-state index in [2.05, 4.69) is 4.74 Å². The first kappa shape index (κ1) is 20.2. The smallest absolute Gasteiger partial charge is 0.315 e. The van der Waals surface area contributed by atoms with Gasteiger partial charge in [0.2, 0.25) is 0 Å². The molecule has 0 rings (SSSR count). The summed E-state index contributed by atoms with van der Waals surface area (Å²) < 4.78 is 132. The van der Waals surface area contributed by atoms with Crippen LogP contribution in [0.5, 0.6) is 0 Å². The Balaban J connectivity index is 5.92. The van der Waals surface area contributed by atoms with Gasteiger partial charge in [0.05, 0.1) is 19.7 Å². The lowest BCUT2D eigenvalue weighted by atomic mass is 10.2. The Morgan fingerprint density at radius 2 is 1.33 bits per heavy atom. The summed E-state index contributed by atoms with van der Waals surface area (Å²) in [5.74, 6) is 0. The molecule has 0 aromatic carbocycles. The third-order valence-electron chi connectivity index (χ3n) is 2.17. The van der Waals surface area contributed by atoms with Gasteiger partial charge in [0, 0.05) is 0 Å². The topological polar surface area (TPSA) is 12.5 Å². The average Bonchev–Trinajstić information content (AvgIpc) is 2.27. The molecular weight excluding hydrogens is 328 g/mol. The van der Waals surface area contributed by atoms with E-state index in [4.69, 9.17) is 0 Å². The summed E-state index contributed by atoms with van der Waals surface area (Å²) in [5.41, 5.74) is 0. The number of ether oxygens (including phenoxy) is 1. The maximum absolute atomic E-state index is 13.4. The Labute approximate surface area is 112 Å². The molecule has 0 aliphatic rings. The summed E-state index contributed by atoms with van der Waals surface area (Å²) in [6.45, 7) is -5.57. The second-order valence-electron chi connectivity index (χ2n) is 3.73. The van der Waals surface area contributed by atoms with Crippen molar-refractivity contribution in [2.45, 2.75) is 37.6 Å². The number of rotatable bonds is 9. The molecule has 0 aromatic heterocycles. The standard InChI is InChI=1S/C9H11F10NO/c1-2-21-9(18,19)8(16,17)20(7(14,15)5-11)6(12,13)3-4-10/h2-5H2,1H3. The molecule has 0 radical (unpaired) electrons. The van der Waals surface area contributed by atoms with Gasteiger partial charge in [-0.3, -0.25) is 4.39 Å². The van der Waals surface area contributed by atoms with Crippen molar-refractivity contribution in [2.24, 2.45) is 0 Å². The molecule has 128 valence electrons. The zero-order valence-electron chi connectivity index (χ0n) is 10.5. The number of alkyl halides is 10. The Morgan fingerprint density at radius 3 is 1.67 bits per heavy atom. The second-order valence-corrected chi connectivity index (χ2v) is 3.73. The minimum absolute atomic E-state index is 0.765. The molecule has 0 saturated heterocycles. The molecule has 0 amide bonds. The molecule has 0 saturated carbocycles. The summed E-state index contributed by atoms with van der Waals surface area (Å²) in [4.78, 5) is -2.65. The highest BCUT2D eigenvalue weighted by Gasteiger charge is 2.73. The van der Waals surface area contributed by atoms with E-state index in [1.165, 1.54) is 0 Å². The zero-order chi connectivity index (χ0) is 17.1. The maximum atomic E-state index is 13.4. The fourth-order valence-electron chi connectivity index (χ4n) is 1.33. The summed E-state index contributed by atoms with van der Waals surface area (Å²) in [7, 11) is 0. The lowest BCUT2D eigenvalue weighted by molar-refractivity contribution is -0.462. The van der Waals surface area contributed by atoms with Crippen molar-refractivity contribution in [3.8, 4) is 0 Å². The Hall–Kier alpha value is -0.780. The van der Waals surface area contributed by atoms with E-state index in [1.807, 2.05) is 0 Å². The normalized spacial score (nSPS) is 14.9.